The Labute approximate surface area is 219 Å². The van der Waals surface area contributed by atoms with Gasteiger partial charge in [-0.25, -0.2) is 25.5 Å². The molecule has 2 fully saturated rings. The van der Waals surface area contributed by atoms with Crippen LogP contribution >= 0.6 is 0 Å². The van der Waals surface area contributed by atoms with Gasteiger partial charge < -0.3 is 4.90 Å². The SMILES string of the molecule is CCS(=O)(=O)N1CCC(N(Cc2ccc(F)cc2)C(=O)CN(C2CC2)S(=O)(=O)c2ccc(C)cc2)CC1. The molecule has 2 aromatic carbocycles. The molecule has 0 radical (unpaired) electrons. The fourth-order valence-electron chi connectivity index (χ4n) is 4.66. The van der Waals surface area contributed by atoms with E-state index in [9.17, 15) is 26.0 Å². The predicted octanol–water partition coefficient (Wildman–Crippen LogP) is 3.13. The molecule has 0 atom stereocenters. The summed E-state index contributed by atoms with van der Waals surface area (Å²) in [6.45, 7) is 3.96. The van der Waals surface area contributed by atoms with Crippen LogP contribution in [0.3, 0.4) is 0 Å². The van der Waals surface area contributed by atoms with Crippen molar-refractivity contribution in [1.29, 1.82) is 0 Å². The van der Waals surface area contributed by atoms with E-state index in [1.165, 1.54) is 20.7 Å². The molecule has 0 N–H and O–H groups in total. The van der Waals surface area contributed by atoms with E-state index >= 15 is 0 Å². The third-order valence-electron chi connectivity index (χ3n) is 7.08. The van der Waals surface area contributed by atoms with Crippen LogP contribution in [-0.2, 0) is 31.4 Å². The van der Waals surface area contributed by atoms with Crippen LogP contribution in [0.15, 0.2) is 53.4 Å². The summed E-state index contributed by atoms with van der Waals surface area (Å²) in [5, 5.41) is 0. The highest BCUT2D eigenvalue weighted by Gasteiger charge is 2.41. The molecule has 1 heterocycles. The van der Waals surface area contributed by atoms with Crippen molar-refractivity contribution in [3.63, 3.8) is 0 Å². The first-order valence-corrected chi connectivity index (χ1v) is 15.7. The minimum absolute atomic E-state index is 0.0170. The van der Waals surface area contributed by atoms with Gasteiger partial charge in [-0.2, -0.15) is 4.31 Å². The number of carbonyl (C=O) groups is 1. The second kappa shape index (κ2) is 11.2. The lowest BCUT2D eigenvalue weighted by Gasteiger charge is -2.39. The maximum atomic E-state index is 13.7. The number of amides is 1. The normalized spacial score (nSPS) is 17.7. The Bertz CT molecular complexity index is 1300. The molecule has 1 aliphatic carbocycles. The first-order chi connectivity index (χ1) is 17.5. The van der Waals surface area contributed by atoms with Crippen LogP contribution in [0.2, 0.25) is 0 Å². The van der Waals surface area contributed by atoms with Crippen LogP contribution < -0.4 is 0 Å². The second-order valence-corrected chi connectivity index (χ2v) is 13.9. The van der Waals surface area contributed by atoms with Crippen LogP contribution in [0.1, 0.15) is 43.7 Å². The maximum Gasteiger partial charge on any atom is 0.243 e. The van der Waals surface area contributed by atoms with E-state index in [1.807, 2.05) is 6.92 Å². The van der Waals surface area contributed by atoms with E-state index in [2.05, 4.69) is 0 Å². The summed E-state index contributed by atoms with van der Waals surface area (Å²) >= 11 is 0. The lowest BCUT2D eigenvalue weighted by molar-refractivity contribution is -0.135. The molecule has 1 saturated carbocycles. The smallest absolute Gasteiger partial charge is 0.243 e. The molecule has 0 spiro atoms. The van der Waals surface area contributed by atoms with E-state index < -0.39 is 20.0 Å². The summed E-state index contributed by atoms with van der Waals surface area (Å²) < 4.78 is 67.8. The van der Waals surface area contributed by atoms with Gasteiger partial charge in [0.25, 0.3) is 0 Å². The molecule has 0 bridgehead atoms. The Kier molecular flexibility index (Phi) is 8.37. The quantitative estimate of drug-likeness (QED) is 0.452. The minimum atomic E-state index is -3.88. The molecule has 4 rings (SSSR count). The van der Waals surface area contributed by atoms with Gasteiger partial charge in [-0.15, -0.1) is 0 Å². The predicted molar refractivity (Wildman–Crippen MR) is 139 cm³/mol. The van der Waals surface area contributed by atoms with E-state index in [-0.39, 0.29) is 47.5 Å². The van der Waals surface area contributed by atoms with Gasteiger partial charge in [-0.1, -0.05) is 29.8 Å². The minimum Gasteiger partial charge on any atom is -0.334 e. The van der Waals surface area contributed by atoms with E-state index in [4.69, 9.17) is 0 Å². The zero-order valence-electron chi connectivity index (χ0n) is 21.2. The summed E-state index contributed by atoms with van der Waals surface area (Å²) in [6, 6.07) is 12.0. The number of hydrogen-bond donors (Lipinski definition) is 0. The molecule has 0 unspecified atom stereocenters. The van der Waals surface area contributed by atoms with E-state index in [1.54, 1.807) is 48.2 Å². The fraction of sp³-hybridized carbons (Fsp3) is 0.500. The zero-order chi connectivity index (χ0) is 26.8. The molecule has 8 nitrogen and oxygen atoms in total. The number of carbonyl (C=O) groups excluding carboxylic acids is 1. The van der Waals surface area contributed by atoms with Crippen LogP contribution in [0.5, 0.6) is 0 Å². The van der Waals surface area contributed by atoms with Crippen LogP contribution in [0.4, 0.5) is 4.39 Å². The zero-order valence-corrected chi connectivity index (χ0v) is 22.8. The standard InChI is InChI=1S/C26H34FN3O5S2/c1-3-36(32,33)28-16-14-23(15-17-28)29(18-21-6-8-22(27)9-7-21)26(31)19-30(24-10-11-24)37(34,35)25-12-4-20(2)5-13-25/h4-9,12-13,23-24H,3,10-11,14-19H2,1-2H3. The van der Waals surface area contributed by atoms with Crippen LogP contribution in [0.25, 0.3) is 0 Å². The summed E-state index contributed by atoms with van der Waals surface area (Å²) in [7, 11) is -7.20. The van der Waals surface area contributed by atoms with E-state index in [0.717, 1.165) is 11.1 Å². The molecule has 11 heteroatoms. The molecular formula is C26H34FN3O5S2. The number of hydrogen-bond acceptors (Lipinski definition) is 5. The van der Waals surface area contributed by atoms with Crippen molar-refractivity contribution in [2.24, 2.45) is 0 Å². The van der Waals surface area contributed by atoms with E-state index in [0.29, 0.717) is 38.8 Å². The summed E-state index contributed by atoms with van der Waals surface area (Å²) in [4.78, 5) is 15.5. The monoisotopic (exact) mass is 551 g/mol. The highest BCUT2D eigenvalue weighted by Crippen LogP contribution is 2.33. The topological polar surface area (TPSA) is 95.1 Å². The Balaban J connectivity index is 1.57. The number of benzene rings is 2. The second-order valence-electron chi connectivity index (χ2n) is 9.77. The molecule has 37 heavy (non-hydrogen) atoms. The third kappa shape index (κ3) is 6.57. The van der Waals surface area contributed by atoms with Crippen molar-refractivity contribution in [2.75, 3.05) is 25.4 Å². The van der Waals surface area contributed by atoms with Crippen molar-refractivity contribution >= 4 is 26.0 Å². The van der Waals surface area contributed by atoms with Crippen molar-refractivity contribution in [3.8, 4) is 0 Å². The first kappa shape index (κ1) is 27.7. The fourth-order valence-corrected chi connectivity index (χ4v) is 7.43. The lowest BCUT2D eigenvalue weighted by Crippen LogP contribution is -2.51. The van der Waals surface area contributed by atoms with Gasteiger partial charge in [0, 0.05) is 31.7 Å². The largest absolute Gasteiger partial charge is 0.334 e. The van der Waals surface area contributed by atoms with Crippen molar-refractivity contribution in [3.05, 3.63) is 65.5 Å². The van der Waals surface area contributed by atoms with Crippen molar-refractivity contribution in [1.82, 2.24) is 13.5 Å². The Morgan fingerprint density at radius 1 is 0.919 bits per heavy atom. The highest BCUT2D eigenvalue weighted by molar-refractivity contribution is 7.89. The lowest BCUT2D eigenvalue weighted by atomic mass is 10.0. The average molecular weight is 552 g/mol. The van der Waals surface area contributed by atoms with Gasteiger partial charge in [-0.05, 0) is 69.4 Å². The van der Waals surface area contributed by atoms with Gasteiger partial charge in [0.2, 0.25) is 26.0 Å². The number of rotatable bonds is 10. The maximum absolute atomic E-state index is 13.7. The van der Waals surface area contributed by atoms with Gasteiger partial charge in [-0.3, -0.25) is 4.79 Å². The van der Waals surface area contributed by atoms with Crippen LogP contribution in [0, 0.1) is 12.7 Å². The molecule has 2 aliphatic rings. The highest BCUT2D eigenvalue weighted by atomic mass is 32.2. The molecular weight excluding hydrogens is 517 g/mol. The number of halogens is 1. The van der Waals surface area contributed by atoms with Gasteiger partial charge >= 0.3 is 0 Å². The Morgan fingerprint density at radius 2 is 1.51 bits per heavy atom. The molecule has 2 aromatic rings. The molecule has 1 aliphatic heterocycles. The third-order valence-corrected chi connectivity index (χ3v) is 10.9. The van der Waals surface area contributed by atoms with Gasteiger partial charge in [0.05, 0.1) is 17.2 Å². The summed E-state index contributed by atoms with van der Waals surface area (Å²) in [5.41, 5.74) is 1.66. The Morgan fingerprint density at radius 3 is 2.05 bits per heavy atom. The number of sulfonamides is 2. The van der Waals surface area contributed by atoms with Crippen molar-refractivity contribution in [2.45, 2.75) is 63.1 Å². The van der Waals surface area contributed by atoms with Gasteiger partial charge in [0.1, 0.15) is 5.82 Å². The number of nitrogens with zero attached hydrogens (tertiary/aromatic N) is 3. The Hall–Kier alpha value is -2.34. The summed E-state index contributed by atoms with van der Waals surface area (Å²) in [6.07, 6.45) is 2.29. The molecule has 202 valence electrons. The van der Waals surface area contributed by atoms with Gasteiger partial charge in [0.15, 0.2) is 0 Å². The average Bonchev–Trinajstić information content (AvgIpc) is 3.72. The summed E-state index contributed by atoms with van der Waals surface area (Å²) in [5.74, 6) is -0.712. The van der Waals surface area contributed by atoms with Crippen molar-refractivity contribution < 1.29 is 26.0 Å². The van der Waals surface area contributed by atoms with Crippen LogP contribution in [-0.4, -0.2) is 73.7 Å². The first-order valence-electron chi connectivity index (χ1n) is 12.6. The molecule has 1 saturated heterocycles. The number of piperidine rings is 1. The molecule has 1 amide bonds. The number of aryl methyl sites for hydroxylation is 1. The molecule has 0 aromatic heterocycles.